The van der Waals surface area contributed by atoms with Crippen LogP contribution in [0.5, 0.6) is 0 Å². The number of hydrogen-bond acceptors (Lipinski definition) is 7. The minimum atomic E-state index is 0.548. The molecule has 7 heteroatoms. The second kappa shape index (κ2) is 13.7. The molecule has 3 heterocycles. The number of thiazole rings is 1. The normalized spacial score (nSPS) is 11.5. The van der Waals surface area contributed by atoms with Gasteiger partial charge in [0, 0.05) is 28.0 Å². The van der Waals surface area contributed by atoms with Crippen LogP contribution < -0.4 is 9.80 Å². The Bertz CT molecular complexity index is 3120. The maximum Gasteiger partial charge on any atom is 0.229 e. The topological polar surface area (TPSA) is 58.5 Å². The van der Waals surface area contributed by atoms with Crippen molar-refractivity contribution in [3.8, 4) is 22.0 Å². The summed E-state index contributed by atoms with van der Waals surface area (Å²) in [6.07, 6.45) is 0. The average molecular weight is 753 g/mol. The zero-order valence-corrected chi connectivity index (χ0v) is 31.3. The molecule has 0 spiro atoms. The van der Waals surface area contributed by atoms with E-state index in [1.807, 2.05) is 48.5 Å². The molecule has 11 rings (SSSR count). The first-order chi connectivity index (χ1) is 28.3. The Balaban J connectivity index is 1.16. The van der Waals surface area contributed by atoms with E-state index in [1.54, 1.807) is 11.3 Å². The van der Waals surface area contributed by atoms with Crippen molar-refractivity contribution >= 4 is 88.7 Å². The van der Waals surface area contributed by atoms with E-state index >= 15 is 0 Å². The standard InChI is InChI=1S/C50H32N4O2S/c1-3-17-34(18-4-1)53(35-19-5-2-6-20-35)43-28-14-23-38-47-42(27-15-30-45(47)55-48(38)43)54(36-21-13-16-33(32-36)50-52-40-25-9-12-31-46(40)57-50)41-26-10-7-22-37(41)49-51-39-24-8-11-29-44(39)56-49/h1-32H. The molecule has 0 aliphatic carbocycles. The Labute approximate surface area is 332 Å². The van der Waals surface area contributed by atoms with Crippen molar-refractivity contribution in [2.75, 3.05) is 9.80 Å². The van der Waals surface area contributed by atoms with Crippen molar-refractivity contribution in [1.29, 1.82) is 0 Å². The number of hydrogen-bond donors (Lipinski definition) is 0. The van der Waals surface area contributed by atoms with Gasteiger partial charge in [-0.2, -0.15) is 0 Å². The lowest BCUT2D eigenvalue weighted by atomic mass is 10.0. The predicted octanol–water partition coefficient (Wildman–Crippen LogP) is 14.6. The Kier molecular flexibility index (Phi) is 7.89. The number of anilines is 6. The molecule has 0 N–H and O–H groups in total. The summed E-state index contributed by atoms with van der Waals surface area (Å²) >= 11 is 1.70. The summed E-state index contributed by atoms with van der Waals surface area (Å²) < 4.78 is 14.5. The van der Waals surface area contributed by atoms with Crippen LogP contribution >= 0.6 is 11.3 Å². The zero-order chi connectivity index (χ0) is 37.7. The number of nitrogens with zero attached hydrogens (tertiary/aromatic N) is 4. The lowest BCUT2D eigenvalue weighted by Crippen LogP contribution is -2.12. The highest BCUT2D eigenvalue weighted by molar-refractivity contribution is 7.21. The molecule has 11 aromatic rings. The van der Waals surface area contributed by atoms with Crippen molar-refractivity contribution in [2.45, 2.75) is 0 Å². The van der Waals surface area contributed by atoms with Gasteiger partial charge < -0.3 is 18.6 Å². The third-order valence-corrected chi connectivity index (χ3v) is 11.4. The van der Waals surface area contributed by atoms with Gasteiger partial charge >= 0.3 is 0 Å². The number of aromatic nitrogens is 2. The molecule has 8 aromatic carbocycles. The minimum Gasteiger partial charge on any atom is -0.454 e. The lowest BCUT2D eigenvalue weighted by molar-refractivity contribution is 0.620. The molecular weight excluding hydrogens is 721 g/mol. The van der Waals surface area contributed by atoms with Crippen molar-refractivity contribution in [3.05, 3.63) is 194 Å². The van der Waals surface area contributed by atoms with Crippen molar-refractivity contribution in [3.63, 3.8) is 0 Å². The average Bonchev–Trinajstić information content (AvgIpc) is 4.01. The van der Waals surface area contributed by atoms with Crippen molar-refractivity contribution < 1.29 is 8.83 Å². The van der Waals surface area contributed by atoms with E-state index in [9.17, 15) is 0 Å². The summed E-state index contributed by atoms with van der Waals surface area (Å²) in [5.41, 5.74) is 11.9. The summed E-state index contributed by atoms with van der Waals surface area (Å²) in [6.45, 7) is 0. The van der Waals surface area contributed by atoms with E-state index < -0.39 is 0 Å². The van der Waals surface area contributed by atoms with Crippen LogP contribution in [-0.2, 0) is 0 Å². The fourth-order valence-electron chi connectivity index (χ4n) is 7.78. The van der Waals surface area contributed by atoms with E-state index in [0.717, 1.165) is 93.5 Å². The second-order valence-electron chi connectivity index (χ2n) is 13.8. The van der Waals surface area contributed by atoms with E-state index in [-0.39, 0.29) is 0 Å². The van der Waals surface area contributed by atoms with Crippen LogP contribution in [0.4, 0.5) is 34.1 Å². The number of benzene rings is 8. The molecule has 0 saturated carbocycles. The monoisotopic (exact) mass is 752 g/mol. The van der Waals surface area contributed by atoms with Crippen LogP contribution in [0, 0.1) is 0 Å². The van der Waals surface area contributed by atoms with E-state index in [4.69, 9.17) is 18.8 Å². The Morgan fingerprint density at radius 3 is 1.88 bits per heavy atom. The second-order valence-corrected chi connectivity index (χ2v) is 14.8. The van der Waals surface area contributed by atoms with Gasteiger partial charge in [0.05, 0.1) is 38.2 Å². The fourth-order valence-corrected chi connectivity index (χ4v) is 8.74. The molecule has 0 fully saturated rings. The van der Waals surface area contributed by atoms with Gasteiger partial charge in [0.1, 0.15) is 16.1 Å². The molecule has 3 aromatic heterocycles. The predicted molar refractivity (Wildman–Crippen MR) is 235 cm³/mol. The highest BCUT2D eigenvalue weighted by atomic mass is 32.1. The molecule has 0 atom stereocenters. The smallest absolute Gasteiger partial charge is 0.229 e. The molecule has 0 radical (unpaired) electrons. The van der Waals surface area contributed by atoms with Gasteiger partial charge in [-0.25, -0.2) is 9.97 Å². The third-order valence-electron chi connectivity index (χ3n) is 10.3. The lowest BCUT2D eigenvalue weighted by Gasteiger charge is -2.28. The van der Waals surface area contributed by atoms with Crippen LogP contribution in [0.1, 0.15) is 0 Å². The number of oxazole rings is 1. The van der Waals surface area contributed by atoms with Crippen LogP contribution in [0.3, 0.4) is 0 Å². The highest BCUT2D eigenvalue weighted by Gasteiger charge is 2.26. The van der Waals surface area contributed by atoms with Gasteiger partial charge in [-0.3, -0.25) is 0 Å². The maximum absolute atomic E-state index is 6.94. The molecule has 270 valence electrons. The summed E-state index contributed by atoms with van der Waals surface area (Å²) in [5.74, 6) is 0.548. The summed E-state index contributed by atoms with van der Waals surface area (Å²) in [5, 5.41) is 2.96. The largest absolute Gasteiger partial charge is 0.454 e. The Morgan fingerprint density at radius 1 is 0.439 bits per heavy atom. The van der Waals surface area contributed by atoms with Gasteiger partial charge in [0.15, 0.2) is 11.2 Å². The number of rotatable bonds is 8. The molecule has 0 saturated heterocycles. The summed E-state index contributed by atoms with van der Waals surface area (Å²) in [4.78, 5) is 14.6. The first kappa shape index (κ1) is 32.9. The molecule has 0 bridgehead atoms. The zero-order valence-electron chi connectivity index (χ0n) is 30.5. The third kappa shape index (κ3) is 5.72. The molecular formula is C50H32N4O2S. The molecule has 6 nitrogen and oxygen atoms in total. The van der Waals surface area contributed by atoms with Gasteiger partial charge in [0.25, 0.3) is 0 Å². The molecule has 57 heavy (non-hydrogen) atoms. The van der Waals surface area contributed by atoms with Crippen molar-refractivity contribution in [2.24, 2.45) is 0 Å². The maximum atomic E-state index is 6.94. The first-order valence-corrected chi connectivity index (χ1v) is 19.6. The van der Waals surface area contributed by atoms with E-state index in [0.29, 0.717) is 5.89 Å². The van der Waals surface area contributed by atoms with Gasteiger partial charge in [-0.1, -0.05) is 103 Å². The minimum absolute atomic E-state index is 0.548. The number of fused-ring (bicyclic) bond motifs is 5. The first-order valence-electron chi connectivity index (χ1n) is 18.8. The summed E-state index contributed by atoms with van der Waals surface area (Å²) in [6, 6.07) is 66.7. The Morgan fingerprint density at radius 2 is 1.07 bits per heavy atom. The van der Waals surface area contributed by atoms with Crippen LogP contribution in [0.25, 0.3) is 65.3 Å². The Hall–Kier alpha value is -7.48. The van der Waals surface area contributed by atoms with Gasteiger partial charge in [0.2, 0.25) is 5.89 Å². The van der Waals surface area contributed by atoms with Crippen molar-refractivity contribution in [1.82, 2.24) is 9.97 Å². The fraction of sp³-hybridized carbons (Fsp3) is 0. The quantitative estimate of drug-likeness (QED) is 0.154. The van der Waals surface area contributed by atoms with Crippen LogP contribution in [-0.4, -0.2) is 9.97 Å². The molecule has 0 aliphatic heterocycles. The summed E-state index contributed by atoms with van der Waals surface area (Å²) in [7, 11) is 0. The van der Waals surface area contributed by atoms with Crippen LogP contribution in [0.15, 0.2) is 203 Å². The molecule has 0 amide bonds. The van der Waals surface area contributed by atoms with Gasteiger partial charge in [-0.05, 0) is 91.0 Å². The van der Waals surface area contributed by atoms with Gasteiger partial charge in [-0.15, -0.1) is 11.3 Å². The van der Waals surface area contributed by atoms with E-state index in [2.05, 4.69) is 155 Å². The molecule has 0 aliphatic rings. The van der Waals surface area contributed by atoms with Crippen LogP contribution in [0.2, 0.25) is 0 Å². The number of furan rings is 1. The van der Waals surface area contributed by atoms with E-state index in [1.165, 1.54) is 0 Å². The SMILES string of the molecule is c1ccc(N(c2ccccc2)c2cccc3c2oc2cccc(N(c4cccc(-c5nc6ccccc6s5)c4)c4ccccc4-c4nc5ccccc5o4)c23)cc1. The molecule has 0 unspecified atom stereocenters. The highest BCUT2D eigenvalue weighted by Crippen LogP contribution is 2.49. The number of para-hydroxylation sites is 7.